The van der Waals surface area contributed by atoms with E-state index < -0.39 is 81.2 Å². The molecule has 6 atom stereocenters. The van der Waals surface area contributed by atoms with E-state index in [0.717, 1.165) is 16.0 Å². The average Bonchev–Trinajstić information content (AvgIpc) is 3.69. The van der Waals surface area contributed by atoms with Gasteiger partial charge in [0.1, 0.15) is 23.0 Å². The Morgan fingerprint density at radius 2 is 1.56 bits per heavy atom. The summed E-state index contributed by atoms with van der Waals surface area (Å²) in [4.78, 5) is 64.9. The first-order valence-electron chi connectivity index (χ1n) is 20.7. The molecule has 5 aromatic rings. The molecule has 66 heavy (non-hydrogen) atoms. The van der Waals surface area contributed by atoms with Gasteiger partial charge in [-0.1, -0.05) is 77.3 Å². The van der Waals surface area contributed by atoms with E-state index in [2.05, 4.69) is 10.4 Å². The summed E-state index contributed by atoms with van der Waals surface area (Å²) >= 11 is 12.7. The molecule has 4 aromatic carbocycles. The molecule has 0 bridgehead atoms. The van der Waals surface area contributed by atoms with Crippen molar-refractivity contribution in [3.8, 4) is 23.0 Å². The van der Waals surface area contributed by atoms with Crippen LogP contribution in [0.25, 0.3) is 12.2 Å². The Morgan fingerprint density at radius 3 is 2.23 bits per heavy atom. The van der Waals surface area contributed by atoms with Crippen LogP contribution in [0, 0.1) is 23.7 Å². The monoisotopic (exact) mass is 938 g/mol. The van der Waals surface area contributed by atoms with Crippen LogP contribution in [-0.2, 0) is 30.8 Å². The Hall–Kier alpha value is -6.84. The van der Waals surface area contributed by atoms with Crippen LogP contribution >= 0.6 is 23.2 Å². The second kappa shape index (κ2) is 16.9. The molecule has 0 radical (unpaired) electrons. The van der Waals surface area contributed by atoms with Crippen molar-refractivity contribution in [2.24, 2.45) is 23.7 Å². The Labute approximate surface area is 386 Å². The number of carbonyl (C=O) groups excluding carboxylic acids is 4. The zero-order chi connectivity index (χ0) is 46.8. The molecule has 3 heterocycles. The highest BCUT2D eigenvalue weighted by Crippen LogP contribution is 2.66. The molecule has 12 nitrogen and oxygen atoms in total. The maximum atomic E-state index is 15.5. The van der Waals surface area contributed by atoms with E-state index in [9.17, 15) is 27.9 Å². The van der Waals surface area contributed by atoms with Crippen LogP contribution in [0.4, 0.5) is 24.7 Å². The maximum absolute atomic E-state index is 15.5. The molecule has 1 aromatic heterocycles. The number of nitrogens with one attached hydrogen (secondary N) is 1. The predicted octanol–water partition coefficient (Wildman–Crippen LogP) is 9.50. The molecule has 0 spiro atoms. The summed E-state index contributed by atoms with van der Waals surface area (Å²) in [6.07, 6.45) is 1.23. The number of alkyl halides is 3. The minimum absolute atomic E-state index is 0.0870. The van der Waals surface area contributed by atoms with Gasteiger partial charge in [0.2, 0.25) is 11.8 Å². The van der Waals surface area contributed by atoms with E-state index in [0.29, 0.717) is 50.6 Å². The lowest BCUT2D eigenvalue weighted by Gasteiger charge is -2.50. The van der Waals surface area contributed by atoms with Gasteiger partial charge in [-0.3, -0.25) is 29.5 Å². The van der Waals surface area contributed by atoms with E-state index in [1.54, 1.807) is 87.0 Å². The summed E-state index contributed by atoms with van der Waals surface area (Å²) in [7, 11) is 4.52. The van der Waals surface area contributed by atoms with E-state index in [1.165, 1.54) is 13.2 Å². The average molecular weight is 940 g/mol. The maximum Gasteiger partial charge on any atom is 0.417 e. The number of imide groups is 2. The number of halogens is 5. The number of hydrogen-bond acceptors (Lipinski definition) is 10. The fourth-order valence-electron chi connectivity index (χ4n) is 10.2. The summed E-state index contributed by atoms with van der Waals surface area (Å²) in [5.74, 6) is -6.96. The largest absolute Gasteiger partial charge is 0.508 e. The summed E-state index contributed by atoms with van der Waals surface area (Å²) in [6.45, 7) is 0. The van der Waals surface area contributed by atoms with Gasteiger partial charge in [-0.05, 0) is 90.6 Å². The highest BCUT2D eigenvalue weighted by Gasteiger charge is 2.71. The lowest BCUT2D eigenvalue weighted by atomic mass is 9.49. The van der Waals surface area contributed by atoms with E-state index in [4.69, 9.17) is 37.4 Å². The fourth-order valence-corrected chi connectivity index (χ4v) is 10.6. The minimum atomic E-state index is -4.78. The van der Waals surface area contributed by atoms with Gasteiger partial charge in [-0.15, -0.1) is 0 Å². The normalized spacial score (nSPS) is 23.7. The van der Waals surface area contributed by atoms with Crippen LogP contribution in [0.5, 0.6) is 23.0 Å². The Balaban J connectivity index is 1.13. The van der Waals surface area contributed by atoms with E-state index in [1.807, 2.05) is 24.3 Å². The number of aromatic hydroxyl groups is 1. The second-order valence-corrected chi connectivity index (χ2v) is 17.2. The summed E-state index contributed by atoms with van der Waals surface area (Å²) in [5, 5.41) is 12.3. The first-order valence-corrected chi connectivity index (χ1v) is 21.5. The van der Waals surface area contributed by atoms with Gasteiger partial charge < -0.3 is 19.3 Å². The molecule has 1 saturated carbocycles. The molecular formula is C49H39Cl2F3N4O8. The molecule has 2 aliphatic carbocycles. The number of phenolic OH excluding ortho intramolecular Hbond substituents is 1. The first kappa shape index (κ1) is 44.4. The number of pyridine rings is 1. The predicted molar refractivity (Wildman–Crippen MR) is 239 cm³/mol. The van der Waals surface area contributed by atoms with Crippen LogP contribution in [0.1, 0.15) is 46.6 Å². The number of rotatable bonds is 10. The third-order valence-electron chi connectivity index (χ3n) is 13.2. The van der Waals surface area contributed by atoms with E-state index >= 15 is 9.59 Å². The number of aromatic nitrogens is 1. The zero-order valence-electron chi connectivity index (χ0n) is 35.3. The molecule has 2 aliphatic heterocycles. The Morgan fingerprint density at radius 1 is 0.833 bits per heavy atom. The molecule has 2 saturated heterocycles. The molecule has 4 amide bonds. The standard InChI is InChI=1S/C49H39Cl2F3N4O8/c1-64-31-17-20-38(65-2)26(21-31)10-7-25-8-15-30(16-9-25)57-44(60)33-19-18-32-34(40(33)46(57)62)23-35-45(61)58(56-43-36(51)22-28(24-55-43)49(52,53)54)47(63)48(35,27-11-13-29(50)14-12-27)42(32)41-37(59)5-4-6-39(41)66-3/h4-18,20-22,24,33-35,40,42,59H,19,23H2,1-3H3,(H,55,56)/t33-,34+,35-,40-,42+,48+/m0/s1. The van der Waals surface area contributed by atoms with Crippen LogP contribution in [0.2, 0.25) is 10.0 Å². The number of ether oxygens (including phenoxy) is 3. The molecule has 17 heteroatoms. The lowest BCUT2D eigenvalue weighted by Crippen LogP contribution is -2.53. The van der Waals surface area contributed by atoms with Crippen molar-refractivity contribution in [3.05, 3.63) is 147 Å². The topological polar surface area (TPSA) is 148 Å². The highest BCUT2D eigenvalue weighted by atomic mass is 35.5. The number of carbonyl (C=O) groups is 4. The molecular weight excluding hydrogens is 900 g/mol. The van der Waals surface area contributed by atoms with Crippen LogP contribution in [-0.4, -0.2) is 60.1 Å². The third kappa shape index (κ3) is 7.12. The number of hydrazine groups is 1. The van der Waals surface area contributed by atoms with Crippen molar-refractivity contribution in [1.82, 2.24) is 9.99 Å². The van der Waals surface area contributed by atoms with Crippen molar-refractivity contribution in [2.45, 2.75) is 30.4 Å². The Bertz CT molecular complexity index is 2870. The molecule has 0 unspecified atom stereocenters. The fraction of sp³-hybridized carbons (Fsp3) is 0.245. The number of methoxy groups -OCH3 is 3. The molecule has 338 valence electrons. The van der Waals surface area contributed by atoms with Gasteiger partial charge in [0.25, 0.3) is 11.8 Å². The van der Waals surface area contributed by atoms with Crippen LogP contribution in [0.3, 0.4) is 0 Å². The van der Waals surface area contributed by atoms with Crippen LogP contribution in [0.15, 0.2) is 109 Å². The van der Waals surface area contributed by atoms with Crippen molar-refractivity contribution in [3.63, 3.8) is 0 Å². The van der Waals surface area contributed by atoms with Crippen LogP contribution < -0.4 is 24.5 Å². The number of nitrogens with zero attached hydrogens (tertiary/aromatic N) is 3. The van der Waals surface area contributed by atoms with Gasteiger partial charge in [0.05, 0.1) is 60.8 Å². The van der Waals surface area contributed by atoms with E-state index in [-0.39, 0.29) is 29.9 Å². The number of fused-ring (bicyclic) bond motifs is 4. The number of benzene rings is 4. The molecule has 3 fully saturated rings. The summed E-state index contributed by atoms with van der Waals surface area (Å²) in [6, 6.07) is 23.8. The van der Waals surface area contributed by atoms with Gasteiger partial charge in [-0.25, -0.2) is 4.98 Å². The summed E-state index contributed by atoms with van der Waals surface area (Å²) < 4.78 is 57.5. The number of anilines is 2. The van der Waals surface area contributed by atoms with Gasteiger partial charge in [0.15, 0.2) is 5.82 Å². The molecule has 4 aliphatic rings. The van der Waals surface area contributed by atoms with Crippen molar-refractivity contribution in [1.29, 1.82) is 0 Å². The van der Waals surface area contributed by atoms with Crippen molar-refractivity contribution < 1.29 is 51.7 Å². The number of allylic oxidation sites excluding steroid dienone is 2. The minimum Gasteiger partial charge on any atom is -0.508 e. The highest BCUT2D eigenvalue weighted by molar-refractivity contribution is 6.33. The number of phenols is 1. The van der Waals surface area contributed by atoms with Crippen molar-refractivity contribution in [2.75, 3.05) is 31.7 Å². The number of hydrogen-bond donors (Lipinski definition) is 2. The third-order valence-corrected chi connectivity index (χ3v) is 13.7. The molecule has 2 N–H and O–H groups in total. The van der Waals surface area contributed by atoms with Gasteiger partial charge in [0, 0.05) is 28.3 Å². The SMILES string of the molecule is COc1ccc(OC)c(C=Cc2ccc(N3C(=O)[C@H]4[C@H](CC=C5[C@H]4C[C@H]4C(=O)N(Nc6ncc(C(F)(F)F)cc6Cl)C(=O)[C@@]4(c4ccc(Cl)cc4)[C@H]5c4c(O)cccc4OC)C3=O)cc2)c1. The summed E-state index contributed by atoms with van der Waals surface area (Å²) in [5.41, 5.74) is 2.43. The lowest BCUT2D eigenvalue weighted by molar-refractivity contribution is -0.139. The van der Waals surface area contributed by atoms with Gasteiger partial charge >= 0.3 is 6.18 Å². The first-order chi connectivity index (χ1) is 31.6. The smallest absolute Gasteiger partial charge is 0.417 e. The second-order valence-electron chi connectivity index (χ2n) is 16.4. The number of amides is 4. The molecule has 9 rings (SSSR count). The van der Waals surface area contributed by atoms with Crippen molar-refractivity contribution >= 4 is 70.5 Å². The van der Waals surface area contributed by atoms with Gasteiger partial charge in [-0.2, -0.15) is 18.2 Å². The quantitative estimate of drug-likeness (QED) is 0.0789. The Kier molecular flexibility index (Phi) is 11.3. The zero-order valence-corrected chi connectivity index (χ0v) is 36.8.